The van der Waals surface area contributed by atoms with Crippen LogP contribution in [0.15, 0.2) is 24.3 Å². The molecule has 0 aliphatic carbocycles. The van der Waals surface area contributed by atoms with Gasteiger partial charge >= 0.3 is 6.18 Å². The standard InChI is InChI=1S/C14H18F3N3O2/c1-9(6-18)7-19-12(21)8-20-13(22)10-4-2-3-5-11(10)14(15,16)17/h2-5,9H,6-8,18H2,1H3,(H,19,21)(H,20,22). The predicted molar refractivity (Wildman–Crippen MR) is 75.0 cm³/mol. The number of alkyl halides is 3. The molecular weight excluding hydrogens is 299 g/mol. The van der Waals surface area contributed by atoms with Crippen LogP contribution in [-0.4, -0.2) is 31.4 Å². The molecule has 5 nitrogen and oxygen atoms in total. The average Bonchev–Trinajstić information content (AvgIpc) is 2.49. The van der Waals surface area contributed by atoms with Crippen molar-refractivity contribution in [2.45, 2.75) is 13.1 Å². The molecular formula is C14H18F3N3O2. The molecule has 2 amide bonds. The number of halogens is 3. The van der Waals surface area contributed by atoms with E-state index < -0.39 is 35.7 Å². The van der Waals surface area contributed by atoms with Crippen molar-refractivity contribution in [3.8, 4) is 0 Å². The number of hydrogen-bond donors (Lipinski definition) is 3. The first-order valence-corrected chi connectivity index (χ1v) is 6.67. The van der Waals surface area contributed by atoms with Gasteiger partial charge in [0, 0.05) is 6.54 Å². The van der Waals surface area contributed by atoms with Crippen molar-refractivity contribution in [2.75, 3.05) is 19.6 Å². The van der Waals surface area contributed by atoms with E-state index in [0.717, 1.165) is 12.1 Å². The van der Waals surface area contributed by atoms with Crippen LogP contribution in [0.2, 0.25) is 0 Å². The SMILES string of the molecule is CC(CN)CNC(=O)CNC(=O)c1ccccc1C(F)(F)F. The van der Waals surface area contributed by atoms with Crippen molar-refractivity contribution >= 4 is 11.8 Å². The Morgan fingerprint density at radius 1 is 1.23 bits per heavy atom. The van der Waals surface area contributed by atoms with E-state index in [-0.39, 0.29) is 5.92 Å². The van der Waals surface area contributed by atoms with Crippen molar-refractivity contribution in [1.82, 2.24) is 10.6 Å². The van der Waals surface area contributed by atoms with E-state index in [1.54, 1.807) is 0 Å². The molecule has 0 aliphatic heterocycles. The zero-order chi connectivity index (χ0) is 16.8. The Bertz CT molecular complexity index is 532. The van der Waals surface area contributed by atoms with Crippen molar-refractivity contribution in [1.29, 1.82) is 0 Å². The Balaban J connectivity index is 2.62. The summed E-state index contributed by atoms with van der Waals surface area (Å²) in [4.78, 5) is 23.3. The van der Waals surface area contributed by atoms with Crippen molar-refractivity contribution < 1.29 is 22.8 Å². The summed E-state index contributed by atoms with van der Waals surface area (Å²) in [6.07, 6.45) is -4.63. The van der Waals surface area contributed by atoms with Gasteiger partial charge in [-0.15, -0.1) is 0 Å². The molecule has 1 aromatic rings. The maximum absolute atomic E-state index is 12.8. The summed E-state index contributed by atoms with van der Waals surface area (Å²) < 4.78 is 38.4. The quantitative estimate of drug-likeness (QED) is 0.736. The van der Waals surface area contributed by atoms with Crippen molar-refractivity contribution in [2.24, 2.45) is 11.7 Å². The Morgan fingerprint density at radius 2 is 1.86 bits per heavy atom. The van der Waals surface area contributed by atoms with E-state index in [1.807, 2.05) is 6.92 Å². The monoisotopic (exact) mass is 317 g/mol. The van der Waals surface area contributed by atoms with Gasteiger partial charge in [-0.05, 0) is 24.6 Å². The molecule has 1 rings (SSSR count). The van der Waals surface area contributed by atoms with Crippen LogP contribution in [0.5, 0.6) is 0 Å². The number of amides is 2. The van der Waals surface area contributed by atoms with Crippen molar-refractivity contribution in [3.05, 3.63) is 35.4 Å². The average molecular weight is 317 g/mol. The number of hydrogen-bond acceptors (Lipinski definition) is 3. The van der Waals surface area contributed by atoms with E-state index in [2.05, 4.69) is 10.6 Å². The number of nitrogens with two attached hydrogens (primary N) is 1. The second-order valence-corrected chi connectivity index (χ2v) is 4.87. The van der Waals surface area contributed by atoms with Crippen molar-refractivity contribution in [3.63, 3.8) is 0 Å². The number of carbonyl (C=O) groups is 2. The Kier molecular flexibility index (Phi) is 6.36. The Labute approximate surface area is 126 Å². The minimum absolute atomic E-state index is 0.0746. The lowest BCUT2D eigenvalue weighted by Gasteiger charge is -2.13. The second-order valence-electron chi connectivity index (χ2n) is 4.87. The van der Waals surface area contributed by atoms with E-state index in [1.165, 1.54) is 12.1 Å². The molecule has 1 aromatic carbocycles. The molecule has 0 aromatic heterocycles. The molecule has 0 saturated heterocycles. The third kappa shape index (κ3) is 5.36. The molecule has 1 unspecified atom stereocenters. The van der Waals surface area contributed by atoms with E-state index in [4.69, 9.17) is 5.73 Å². The molecule has 122 valence electrons. The van der Waals surface area contributed by atoms with Gasteiger partial charge in [0.2, 0.25) is 5.91 Å². The third-order valence-electron chi connectivity index (χ3n) is 2.94. The number of carbonyl (C=O) groups excluding carboxylic acids is 2. The van der Waals surface area contributed by atoms with Crippen LogP contribution in [0.1, 0.15) is 22.8 Å². The largest absolute Gasteiger partial charge is 0.417 e. The smallest absolute Gasteiger partial charge is 0.354 e. The Hall–Kier alpha value is -2.09. The summed E-state index contributed by atoms with van der Waals surface area (Å²) in [5.41, 5.74) is 3.83. The minimum Gasteiger partial charge on any atom is -0.354 e. The molecule has 4 N–H and O–H groups in total. The molecule has 0 aliphatic rings. The summed E-state index contributed by atoms with van der Waals surface area (Å²) in [5.74, 6) is -1.36. The lowest BCUT2D eigenvalue weighted by atomic mass is 10.1. The third-order valence-corrected chi connectivity index (χ3v) is 2.94. The van der Waals surface area contributed by atoms with Gasteiger partial charge in [-0.25, -0.2) is 0 Å². The fourth-order valence-electron chi connectivity index (χ4n) is 1.62. The van der Waals surface area contributed by atoms with Gasteiger partial charge in [-0.1, -0.05) is 19.1 Å². The summed E-state index contributed by atoms with van der Waals surface area (Å²) in [6.45, 7) is 2.16. The first kappa shape index (κ1) is 18.0. The summed E-state index contributed by atoms with van der Waals surface area (Å²) in [5, 5.41) is 4.70. The van der Waals surface area contributed by atoms with Gasteiger partial charge in [0.1, 0.15) is 0 Å². The van der Waals surface area contributed by atoms with Gasteiger partial charge < -0.3 is 16.4 Å². The highest BCUT2D eigenvalue weighted by atomic mass is 19.4. The maximum Gasteiger partial charge on any atom is 0.417 e. The summed E-state index contributed by atoms with van der Waals surface area (Å²) in [6, 6.07) is 4.40. The second kappa shape index (κ2) is 7.79. The molecule has 1 atom stereocenters. The lowest BCUT2D eigenvalue weighted by Crippen LogP contribution is -2.39. The zero-order valence-electron chi connectivity index (χ0n) is 12.0. The molecule has 0 bridgehead atoms. The summed E-state index contributed by atoms with van der Waals surface area (Å²) >= 11 is 0. The van der Waals surface area contributed by atoms with E-state index in [0.29, 0.717) is 13.1 Å². The van der Waals surface area contributed by atoms with Crippen LogP contribution in [0, 0.1) is 5.92 Å². The van der Waals surface area contributed by atoms with E-state index in [9.17, 15) is 22.8 Å². The first-order valence-electron chi connectivity index (χ1n) is 6.67. The maximum atomic E-state index is 12.8. The van der Waals surface area contributed by atoms with Crippen LogP contribution in [-0.2, 0) is 11.0 Å². The van der Waals surface area contributed by atoms with Gasteiger partial charge in [-0.3, -0.25) is 9.59 Å². The Morgan fingerprint density at radius 3 is 2.45 bits per heavy atom. The fourth-order valence-corrected chi connectivity index (χ4v) is 1.62. The van der Waals surface area contributed by atoms with Gasteiger partial charge in [0.25, 0.3) is 5.91 Å². The fraction of sp³-hybridized carbons (Fsp3) is 0.429. The van der Waals surface area contributed by atoms with Gasteiger partial charge in [0.05, 0.1) is 17.7 Å². The molecule has 8 heteroatoms. The molecule has 0 fully saturated rings. The van der Waals surface area contributed by atoms with Crippen LogP contribution < -0.4 is 16.4 Å². The highest BCUT2D eigenvalue weighted by Gasteiger charge is 2.34. The highest BCUT2D eigenvalue weighted by Crippen LogP contribution is 2.31. The number of rotatable bonds is 6. The van der Waals surface area contributed by atoms with Crippen LogP contribution in [0.4, 0.5) is 13.2 Å². The number of benzene rings is 1. The highest BCUT2D eigenvalue weighted by molar-refractivity contribution is 5.97. The molecule has 22 heavy (non-hydrogen) atoms. The first-order chi connectivity index (χ1) is 10.3. The zero-order valence-corrected chi connectivity index (χ0v) is 12.0. The normalized spacial score (nSPS) is 12.6. The molecule has 0 spiro atoms. The number of nitrogens with one attached hydrogen (secondary N) is 2. The van der Waals surface area contributed by atoms with Crippen LogP contribution in [0.3, 0.4) is 0 Å². The molecule has 0 saturated carbocycles. The molecule has 0 heterocycles. The van der Waals surface area contributed by atoms with Crippen LogP contribution in [0.25, 0.3) is 0 Å². The van der Waals surface area contributed by atoms with Gasteiger partial charge in [0.15, 0.2) is 0 Å². The van der Waals surface area contributed by atoms with Crippen LogP contribution >= 0.6 is 0 Å². The summed E-state index contributed by atoms with van der Waals surface area (Å²) in [7, 11) is 0. The lowest BCUT2D eigenvalue weighted by molar-refractivity contribution is -0.137. The van der Waals surface area contributed by atoms with E-state index >= 15 is 0 Å². The topological polar surface area (TPSA) is 84.2 Å². The predicted octanol–water partition coefficient (Wildman–Crippen LogP) is 1.15. The minimum atomic E-state index is -4.63. The molecule has 0 radical (unpaired) electrons. The van der Waals surface area contributed by atoms with Gasteiger partial charge in [-0.2, -0.15) is 13.2 Å².